The normalized spacial score (nSPS) is 17.4. The molecule has 4 rings (SSSR count). The molecule has 0 amide bonds. The van der Waals surface area contributed by atoms with Crippen molar-refractivity contribution in [2.75, 3.05) is 0 Å². The highest BCUT2D eigenvalue weighted by Crippen LogP contribution is 2.34. The first kappa shape index (κ1) is 13.5. The number of hydrogen-bond donors (Lipinski definition) is 0. The van der Waals surface area contributed by atoms with Gasteiger partial charge >= 0.3 is 0 Å². The number of aryl methyl sites for hydroxylation is 1. The van der Waals surface area contributed by atoms with E-state index in [0.717, 1.165) is 30.0 Å². The van der Waals surface area contributed by atoms with Crippen molar-refractivity contribution in [1.29, 1.82) is 0 Å². The summed E-state index contributed by atoms with van der Waals surface area (Å²) in [6, 6.07) is 8.29. The summed E-state index contributed by atoms with van der Waals surface area (Å²) in [4.78, 5) is 0. The maximum absolute atomic E-state index is 6.17. The molecular formula is C16H16ClN5. The molecule has 0 unspecified atom stereocenters. The number of halogens is 1. The Morgan fingerprint density at radius 2 is 2.27 bits per heavy atom. The van der Waals surface area contributed by atoms with Gasteiger partial charge in [0.25, 0.3) is 0 Å². The van der Waals surface area contributed by atoms with Gasteiger partial charge in [-0.1, -0.05) is 22.9 Å². The molecule has 2 aromatic heterocycles. The van der Waals surface area contributed by atoms with Gasteiger partial charge in [0.15, 0.2) is 0 Å². The summed E-state index contributed by atoms with van der Waals surface area (Å²) in [7, 11) is 0. The molecule has 0 saturated carbocycles. The van der Waals surface area contributed by atoms with Crippen LogP contribution in [0.5, 0.6) is 0 Å². The van der Waals surface area contributed by atoms with Crippen LogP contribution in [0.4, 0.5) is 0 Å². The van der Waals surface area contributed by atoms with Crippen molar-refractivity contribution >= 4 is 11.6 Å². The van der Waals surface area contributed by atoms with Crippen LogP contribution < -0.4 is 0 Å². The van der Waals surface area contributed by atoms with Crippen molar-refractivity contribution < 1.29 is 0 Å². The monoisotopic (exact) mass is 313 g/mol. The van der Waals surface area contributed by atoms with E-state index in [2.05, 4.69) is 27.5 Å². The molecule has 0 N–H and O–H groups in total. The molecule has 1 aromatic carbocycles. The van der Waals surface area contributed by atoms with Crippen LogP contribution in [0, 0.1) is 0 Å². The van der Waals surface area contributed by atoms with Gasteiger partial charge in [-0.2, -0.15) is 5.10 Å². The van der Waals surface area contributed by atoms with Crippen LogP contribution in [0.15, 0.2) is 42.9 Å². The third kappa shape index (κ3) is 2.52. The molecule has 0 spiro atoms. The third-order valence-corrected chi connectivity index (χ3v) is 4.39. The highest BCUT2D eigenvalue weighted by atomic mass is 35.5. The molecular weight excluding hydrogens is 298 g/mol. The van der Waals surface area contributed by atoms with E-state index < -0.39 is 0 Å². The van der Waals surface area contributed by atoms with Gasteiger partial charge in [0.2, 0.25) is 0 Å². The van der Waals surface area contributed by atoms with E-state index in [1.54, 1.807) is 6.20 Å². The van der Waals surface area contributed by atoms with Crippen LogP contribution in [0.25, 0.3) is 0 Å². The minimum Gasteiger partial charge on any atom is -0.267 e. The van der Waals surface area contributed by atoms with Gasteiger partial charge in [0.1, 0.15) is 5.69 Å². The van der Waals surface area contributed by atoms with Gasteiger partial charge in [-0.3, -0.25) is 4.68 Å². The predicted molar refractivity (Wildman–Crippen MR) is 83.9 cm³/mol. The van der Waals surface area contributed by atoms with Crippen molar-refractivity contribution in [2.24, 2.45) is 0 Å². The van der Waals surface area contributed by atoms with Crippen molar-refractivity contribution in [3.63, 3.8) is 0 Å². The number of aromatic nitrogens is 5. The fraction of sp³-hybridized carbons (Fsp3) is 0.312. The van der Waals surface area contributed by atoms with Gasteiger partial charge in [-0.05, 0) is 48.6 Å². The second kappa shape index (κ2) is 5.57. The van der Waals surface area contributed by atoms with E-state index in [1.807, 2.05) is 33.9 Å². The Bertz CT molecular complexity index is 778. The van der Waals surface area contributed by atoms with Gasteiger partial charge in [-0.25, -0.2) is 4.68 Å². The van der Waals surface area contributed by atoms with Crippen LogP contribution in [0.1, 0.15) is 35.7 Å². The fourth-order valence-corrected chi connectivity index (χ4v) is 3.30. The molecule has 5 nitrogen and oxygen atoms in total. The molecule has 1 aliphatic carbocycles. The van der Waals surface area contributed by atoms with Gasteiger partial charge in [-0.15, -0.1) is 5.10 Å². The van der Waals surface area contributed by atoms with Gasteiger partial charge in [0.05, 0.1) is 18.8 Å². The zero-order valence-electron chi connectivity index (χ0n) is 12.1. The molecule has 112 valence electrons. The van der Waals surface area contributed by atoms with Crippen LogP contribution in [-0.4, -0.2) is 24.8 Å². The molecule has 1 aliphatic rings. The van der Waals surface area contributed by atoms with E-state index in [-0.39, 0.29) is 6.04 Å². The quantitative estimate of drug-likeness (QED) is 0.746. The van der Waals surface area contributed by atoms with E-state index in [0.29, 0.717) is 6.54 Å². The largest absolute Gasteiger partial charge is 0.267 e. The molecule has 3 aromatic rings. The molecule has 2 heterocycles. The summed E-state index contributed by atoms with van der Waals surface area (Å²) in [5, 5.41) is 13.6. The first-order valence-corrected chi connectivity index (χ1v) is 7.84. The van der Waals surface area contributed by atoms with Crippen molar-refractivity contribution in [2.45, 2.75) is 31.8 Å². The van der Waals surface area contributed by atoms with E-state index in [4.69, 9.17) is 11.6 Å². The number of fused-ring (bicyclic) bond motifs is 1. The third-order valence-electron chi connectivity index (χ3n) is 4.15. The Morgan fingerprint density at radius 3 is 3.14 bits per heavy atom. The molecule has 0 bridgehead atoms. The van der Waals surface area contributed by atoms with Crippen molar-refractivity contribution in [3.05, 3.63) is 64.7 Å². The minimum atomic E-state index is 0.223. The SMILES string of the molecule is Clc1ccc2c(c1)[C@H](n1cc(Cn3cccn3)nn1)CCC2. The predicted octanol–water partition coefficient (Wildman–Crippen LogP) is 3.10. The van der Waals surface area contributed by atoms with Crippen molar-refractivity contribution in [3.8, 4) is 0 Å². The Hall–Kier alpha value is -2.14. The number of hydrogen-bond acceptors (Lipinski definition) is 3. The summed E-state index contributed by atoms with van der Waals surface area (Å²) in [6.07, 6.45) is 9.05. The molecule has 1 atom stereocenters. The Kier molecular flexibility index (Phi) is 3.42. The topological polar surface area (TPSA) is 48.5 Å². The fourth-order valence-electron chi connectivity index (χ4n) is 3.12. The maximum Gasteiger partial charge on any atom is 0.104 e. The minimum absolute atomic E-state index is 0.223. The van der Waals surface area contributed by atoms with Crippen LogP contribution in [-0.2, 0) is 13.0 Å². The molecule has 0 saturated heterocycles. The summed E-state index contributed by atoms with van der Waals surface area (Å²) in [6.45, 7) is 0.641. The Balaban J connectivity index is 1.63. The zero-order valence-corrected chi connectivity index (χ0v) is 12.8. The summed E-state index contributed by atoms with van der Waals surface area (Å²) < 4.78 is 3.81. The lowest BCUT2D eigenvalue weighted by Gasteiger charge is -2.25. The second-order valence-electron chi connectivity index (χ2n) is 5.64. The Morgan fingerprint density at radius 1 is 1.32 bits per heavy atom. The molecule has 0 radical (unpaired) electrons. The van der Waals surface area contributed by atoms with Gasteiger partial charge in [0, 0.05) is 17.4 Å². The standard InChI is InChI=1S/C16H16ClN5/c17-13-6-5-12-3-1-4-16(15(12)9-13)22-11-14(19-20-22)10-21-8-2-7-18-21/h2,5-9,11,16H,1,3-4,10H2/t16-/m1/s1. The smallest absolute Gasteiger partial charge is 0.104 e. The summed E-state index contributed by atoms with van der Waals surface area (Å²) >= 11 is 6.17. The first-order valence-electron chi connectivity index (χ1n) is 7.46. The molecule has 22 heavy (non-hydrogen) atoms. The van der Waals surface area contributed by atoms with E-state index in [1.165, 1.54) is 11.1 Å². The molecule has 6 heteroatoms. The number of nitrogens with zero attached hydrogens (tertiary/aromatic N) is 5. The van der Waals surface area contributed by atoms with Gasteiger partial charge < -0.3 is 0 Å². The zero-order chi connectivity index (χ0) is 14.9. The van der Waals surface area contributed by atoms with Crippen LogP contribution in [0.2, 0.25) is 5.02 Å². The van der Waals surface area contributed by atoms with Crippen LogP contribution >= 0.6 is 11.6 Å². The lowest BCUT2D eigenvalue weighted by Crippen LogP contribution is -2.17. The first-order chi connectivity index (χ1) is 10.8. The molecule has 0 aliphatic heterocycles. The maximum atomic E-state index is 6.17. The van der Waals surface area contributed by atoms with E-state index >= 15 is 0 Å². The summed E-state index contributed by atoms with van der Waals surface area (Å²) in [5.41, 5.74) is 3.55. The van der Waals surface area contributed by atoms with E-state index in [9.17, 15) is 0 Å². The molecule has 0 fully saturated rings. The lowest BCUT2D eigenvalue weighted by molar-refractivity contribution is 0.440. The van der Waals surface area contributed by atoms with Crippen LogP contribution in [0.3, 0.4) is 0 Å². The number of benzene rings is 1. The lowest BCUT2D eigenvalue weighted by atomic mass is 9.88. The Labute approximate surface area is 133 Å². The number of rotatable bonds is 3. The highest BCUT2D eigenvalue weighted by molar-refractivity contribution is 6.30. The summed E-state index contributed by atoms with van der Waals surface area (Å²) in [5.74, 6) is 0. The highest BCUT2D eigenvalue weighted by Gasteiger charge is 2.23. The van der Waals surface area contributed by atoms with Crippen molar-refractivity contribution in [1.82, 2.24) is 24.8 Å². The second-order valence-corrected chi connectivity index (χ2v) is 6.08. The average Bonchev–Trinajstić information content (AvgIpc) is 3.19. The average molecular weight is 314 g/mol.